The highest BCUT2D eigenvalue weighted by molar-refractivity contribution is 7.17. The van der Waals surface area contributed by atoms with Crippen LogP contribution in [0.2, 0.25) is 0 Å². The van der Waals surface area contributed by atoms with Gasteiger partial charge in [0.2, 0.25) is 0 Å². The van der Waals surface area contributed by atoms with Crippen molar-refractivity contribution in [1.29, 1.82) is 0 Å². The average Bonchev–Trinajstić information content (AvgIpc) is 3.26. The number of halogens is 1. The minimum absolute atomic E-state index is 0.151. The maximum Gasteiger partial charge on any atom is 0.335 e. The zero-order chi connectivity index (χ0) is 19.7. The zero-order valence-electron chi connectivity index (χ0n) is 14.6. The molecule has 4 rings (SSSR count). The Morgan fingerprint density at radius 1 is 1.04 bits per heavy atom. The molecule has 2 aromatic carbocycles. The molecule has 0 bridgehead atoms. The van der Waals surface area contributed by atoms with Gasteiger partial charge < -0.3 is 15.0 Å². The minimum atomic E-state index is -1.02. The van der Waals surface area contributed by atoms with E-state index in [1.165, 1.54) is 35.6 Å². The van der Waals surface area contributed by atoms with Crippen LogP contribution in [0.5, 0.6) is 0 Å². The van der Waals surface area contributed by atoms with Gasteiger partial charge in [0.15, 0.2) is 0 Å². The Hall–Kier alpha value is -3.45. The number of amides is 1. The van der Waals surface area contributed by atoms with Crippen LogP contribution < -0.4 is 5.32 Å². The van der Waals surface area contributed by atoms with E-state index in [-0.39, 0.29) is 17.3 Å². The maximum atomic E-state index is 13.2. The monoisotopic (exact) mass is 394 g/mol. The van der Waals surface area contributed by atoms with Crippen molar-refractivity contribution < 1.29 is 19.1 Å². The van der Waals surface area contributed by atoms with Gasteiger partial charge >= 0.3 is 5.97 Å². The number of carbonyl (C=O) groups is 2. The molecule has 0 aliphatic rings. The van der Waals surface area contributed by atoms with E-state index in [1.807, 2.05) is 22.1 Å². The summed E-state index contributed by atoms with van der Waals surface area (Å²) in [7, 11) is 0. The number of fused-ring (bicyclic) bond motifs is 1. The number of hydrogen-bond donors (Lipinski definition) is 2. The Balaban J connectivity index is 1.63. The van der Waals surface area contributed by atoms with Gasteiger partial charge in [-0.05, 0) is 59.5 Å². The highest BCUT2D eigenvalue weighted by Crippen LogP contribution is 2.27. The Bertz CT molecular complexity index is 1160. The van der Waals surface area contributed by atoms with Gasteiger partial charge in [0.05, 0.1) is 15.8 Å². The molecule has 0 radical (unpaired) electrons. The lowest BCUT2D eigenvalue weighted by molar-refractivity contribution is 0.0696. The van der Waals surface area contributed by atoms with Crippen molar-refractivity contribution in [2.75, 3.05) is 5.32 Å². The van der Waals surface area contributed by atoms with Gasteiger partial charge in [-0.1, -0.05) is 12.1 Å². The molecule has 2 heterocycles. The minimum Gasteiger partial charge on any atom is -0.478 e. The van der Waals surface area contributed by atoms with Crippen LogP contribution in [0, 0.1) is 5.82 Å². The average molecular weight is 394 g/mol. The number of nitrogens with one attached hydrogen (secondary N) is 1. The zero-order valence-corrected chi connectivity index (χ0v) is 15.4. The number of anilines is 1. The Labute approximate surface area is 163 Å². The fourth-order valence-electron chi connectivity index (χ4n) is 3.00. The Kier molecular flexibility index (Phi) is 4.67. The first kappa shape index (κ1) is 17.9. The Morgan fingerprint density at radius 2 is 1.75 bits per heavy atom. The summed E-state index contributed by atoms with van der Waals surface area (Å²) in [4.78, 5) is 23.8. The molecule has 28 heavy (non-hydrogen) atoms. The smallest absolute Gasteiger partial charge is 0.335 e. The van der Waals surface area contributed by atoms with Crippen LogP contribution in [-0.2, 0) is 6.54 Å². The summed E-state index contributed by atoms with van der Waals surface area (Å²) in [6, 6.07) is 15.9. The van der Waals surface area contributed by atoms with Crippen molar-refractivity contribution in [2.24, 2.45) is 0 Å². The summed E-state index contributed by atoms with van der Waals surface area (Å²) in [6.07, 6.45) is 0. The number of nitrogens with zero attached hydrogens (tertiary/aromatic N) is 1. The number of rotatable bonds is 5. The highest BCUT2D eigenvalue weighted by atomic mass is 32.1. The van der Waals surface area contributed by atoms with E-state index < -0.39 is 5.97 Å². The van der Waals surface area contributed by atoms with E-state index >= 15 is 0 Å². The molecule has 0 aliphatic heterocycles. The second-order valence-electron chi connectivity index (χ2n) is 6.25. The Morgan fingerprint density at radius 3 is 2.43 bits per heavy atom. The normalized spacial score (nSPS) is 10.9. The summed E-state index contributed by atoms with van der Waals surface area (Å²) in [5.74, 6) is -1.63. The number of carboxylic acids is 1. The molecule has 0 fully saturated rings. The molecule has 0 saturated heterocycles. The predicted molar refractivity (Wildman–Crippen MR) is 107 cm³/mol. The molecule has 2 aromatic heterocycles. The van der Waals surface area contributed by atoms with Gasteiger partial charge in [-0.3, -0.25) is 4.79 Å². The predicted octanol–water partition coefficient (Wildman–Crippen LogP) is 4.84. The first-order chi connectivity index (χ1) is 13.5. The molecule has 5 nitrogen and oxygen atoms in total. The summed E-state index contributed by atoms with van der Waals surface area (Å²) in [5.41, 5.74) is 2.95. The molecule has 0 spiro atoms. The maximum absolute atomic E-state index is 13.2. The lowest BCUT2D eigenvalue weighted by Gasteiger charge is -2.11. The second kappa shape index (κ2) is 7.28. The van der Waals surface area contributed by atoms with Gasteiger partial charge in [0, 0.05) is 12.2 Å². The third-order valence-electron chi connectivity index (χ3n) is 4.40. The van der Waals surface area contributed by atoms with Gasteiger partial charge in [0.25, 0.3) is 5.91 Å². The number of carboxylic acid groups (broad SMARTS) is 1. The van der Waals surface area contributed by atoms with Crippen LogP contribution in [-0.4, -0.2) is 21.6 Å². The first-order valence-corrected chi connectivity index (χ1v) is 9.35. The summed E-state index contributed by atoms with van der Waals surface area (Å²) >= 11 is 1.54. The van der Waals surface area contributed by atoms with Crippen LogP contribution in [0.15, 0.2) is 66.0 Å². The van der Waals surface area contributed by atoms with Crippen LogP contribution >= 0.6 is 11.3 Å². The second-order valence-corrected chi connectivity index (χ2v) is 7.20. The highest BCUT2D eigenvalue weighted by Gasteiger charge is 2.17. The molecule has 0 atom stereocenters. The van der Waals surface area contributed by atoms with Gasteiger partial charge in [0.1, 0.15) is 11.5 Å². The quantitative estimate of drug-likeness (QED) is 0.509. The van der Waals surface area contributed by atoms with E-state index in [4.69, 9.17) is 5.11 Å². The molecule has 7 heteroatoms. The number of thiophene rings is 1. The number of benzene rings is 2. The fraction of sp³-hybridized carbons (Fsp3) is 0.0476. The van der Waals surface area contributed by atoms with Crippen LogP contribution in [0.25, 0.3) is 10.2 Å². The largest absolute Gasteiger partial charge is 0.478 e. The number of aromatic carboxylic acids is 1. The van der Waals surface area contributed by atoms with E-state index in [0.717, 1.165) is 15.8 Å². The molecule has 140 valence electrons. The third-order valence-corrected chi connectivity index (χ3v) is 5.25. The molecule has 0 saturated carbocycles. The fourth-order valence-corrected chi connectivity index (χ4v) is 3.82. The summed E-state index contributed by atoms with van der Waals surface area (Å²) in [5, 5.41) is 13.7. The van der Waals surface area contributed by atoms with E-state index in [0.29, 0.717) is 17.9 Å². The molecule has 2 N–H and O–H groups in total. The van der Waals surface area contributed by atoms with Crippen LogP contribution in [0.1, 0.15) is 26.4 Å². The topological polar surface area (TPSA) is 71.3 Å². The summed E-state index contributed by atoms with van der Waals surface area (Å²) in [6.45, 7) is 0.432. The van der Waals surface area contributed by atoms with Crippen molar-refractivity contribution in [3.05, 3.63) is 88.7 Å². The molecule has 0 unspecified atom stereocenters. The first-order valence-electron chi connectivity index (χ1n) is 8.47. The van der Waals surface area contributed by atoms with Gasteiger partial charge in [-0.25, -0.2) is 9.18 Å². The van der Waals surface area contributed by atoms with E-state index in [1.54, 1.807) is 24.3 Å². The number of carbonyl (C=O) groups excluding carboxylic acids is 1. The van der Waals surface area contributed by atoms with Crippen molar-refractivity contribution >= 4 is 39.1 Å². The van der Waals surface area contributed by atoms with E-state index in [2.05, 4.69) is 5.32 Å². The molecule has 0 aliphatic carbocycles. The van der Waals surface area contributed by atoms with E-state index in [9.17, 15) is 14.0 Å². The van der Waals surface area contributed by atoms with Crippen molar-refractivity contribution in [3.8, 4) is 0 Å². The van der Waals surface area contributed by atoms with Crippen molar-refractivity contribution in [2.45, 2.75) is 6.54 Å². The van der Waals surface area contributed by atoms with Crippen LogP contribution in [0.3, 0.4) is 0 Å². The van der Waals surface area contributed by atoms with Crippen molar-refractivity contribution in [3.63, 3.8) is 0 Å². The number of hydrogen-bond acceptors (Lipinski definition) is 3. The third kappa shape index (κ3) is 3.52. The summed E-state index contributed by atoms with van der Waals surface area (Å²) < 4.78 is 16.1. The van der Waals surface area contributed by atoms with Gasteiger partial charge in [-0.2, -0.15) is 0 Å². The SMILES string of the molecule is O=C(O)c1ccc(NC(=O)c2cc3sccc3n2Cc2ccc(F)cc2)cc1. The van der Waals surface area contributed by atoms with Crippen LogP contribution in [0.4, 0.5) is 10.1 Å². The standard InChI is InChI=1S/C21H15FN2O3S/c22-15-5-1-13(2-6-15)12-24-17-9-10-28-19(17)11-18(24)20(25)23-16-7-3-14(4-8-16)21(26)27/h1-11H,12H2,(H,23,25)(H,26,27). The van der Waals surface area contributed by atoms with Crippen molar-refractivity contribution in [1.82, 2.24) is 4.57 Å². The lowest BCUT2D eigenvalue weighted by Crippen LogP contribution is -2.17. The molecular weight excluding hydrogens is 379 g/mol. The van der Waals surface area contributed by atoms with Gasteiger partial charge in [-0.15, -0.1) is 11.3 Å². The number of aromatic nitrogens is 1. The molecular formula is C21H15FN2O3S. The molecule has 4 aromatic rings. The lowest BCUT2D eigenvalue weighted by atomic mass is 10.2. The molecule has 1 amide bonds.